The van der Waals surface area contributed by atoms with E-state index in [1.54, 1.807) is 26.0 Å². The number of hydrogen-bond acceptors (Lipinski definition) is 4. The van der Waals surface area contributed by atoms with E-state index in [9.17, 15) is 4.79 Å². The minimum Gasteiger partial charge on any atom is -0.426 e. The fourth-order valence-electron chi connectivity index (χ4n) is 1.49. The molecule has 0 aliphatic heterocycles. The van der Waals surface area contributed by atoms with E-state index < -0.39 is 0 Å². The van der Waals surface area contributed by atoms with Gasteiger partial charge in [-0.3, -0.25) is 10.2 Å². The molecule has 0 heterocycles. The number of nitrogens with two attached hydrogens (primary N) is 1. The molecule has 114 valence electrons. The lowest BCUT2D eigenvalue weighted by Crippen LogP contribution is -2.25. The molecule has 0 bridgehead atoms. The highest BCUT2D eigenvalue weighted by molar-refractivity contribution is 7.80. The van der Waals surface area contributed by atoms with Crippen LogP contribution < -0.4 is 15.9 Å². The third kappa shape index (κ3) is 6.85. The molecular weight excluding hydrogens is 286 g/mol. The number of aryl methyl sites for hydroxylation is 1. The highest BCUT2D eigenvalue weighted by Gasteiger charge is 2.09. The van der Waals surface area contributed by atoms with Crippen molar-refractivity contribution in [1.29, 1.82) is 0 Å². The van der Waals surface area contributed by atoms with E-state index in [0.717, 1.165) is 24.1 Å². The van der Waals surface area contributed by atoms with Crippen LogP contribution in [0.25, 0.3) is 0 Å². The number of esters is 1. The van der Waals surface area contributed by atoms with Crippen molar-refractivity contribution in [2.75, 3.05) is 0 Å². The van der Waals surface area contributed by atoms with Crippen molar-refractivity contribution in [3.05, 3.63) is 29.8 Å². The van der Waals surface area contributed by atoms with Gasteiger partial charge in [-0.15, -0.1) is 0 Å². The minimum absolute atomic E-state index is 0.135. The van der Waals surface area contributed by atoms with Crippen LogP contribution in [0, 0.1) is 5.92 Å². The zero-order valence-electron chi connectivity index (χ0n) is 12.6. The van der Waals surface area contributed by atoms with Gasteiger partial charge in [-0.1, -0.05) is 26.0 Å². The molecule has 0 spiro atoms. The van der Waals surface area contributed by atoms with Gasteiger partial charge >= 0.3 is 5.97 Å². The number of thiocarbonyl (C=S) groups is 1. The Balaban J connectivity index is 2.49. The molecule has 0 aliphatic rings. The van der Waals surface area contributed by atoms with Gasteiger partial charge < -0.3 is 10.5 Å². The number of nitrogens with zero attached hydrogens (tertiary/aromatic N) is 1. The van der Waals surface area contributed by atoms with Crippen molar-refractivity contribution in [3.63, 3.8) is 0 Å². The summed E-state index contributed by atoms with van der Waals surface area (Å²) in [5.74, 6) is 0.206. The van der Waals surface area contributed by atoms with E-state index in [4.69, 9.17) is 10.5 Å². The van der Waals surface area contributed by atoms with Crippen molar-refractivity contribution in [3.8, 4) is 5.75 Å². The largest absolute Gasteiger partial charge is 0.426 e. The Labute approximate surface area is 130 Å². The summed E-state index contributed by atoms with van der Waals surface area (Å²) in [6.07, 6.45) is 1.63. The van der Waals surface area contributed by atoms with Crippen molar-refractivity contribution in [2.45, 2.75) is 33.6 Å². The Morgan fingerprint density at radius 2 is 2.00 bits per heavy atom. The number of ether oxygens (including phenoxy) is 1. The van der Waals surface area contributed by atoms with Crippen molar-refractivity contribution >= 4 is 29.0 Å². The first-order valence-corrected chi connectivity index (χ1v) is 7.18. The third-order valence-electron chi connectivity index (χ3n) is 2.75. The van der Waals surface area contributed by atoms with Crippen molar-refractivity contribution in [1.82, 2.24) is 5.43 Å². The number of rotatable bonds is 6. The SMILES string of the molecule is C/C(CCc1ccc(OC(=O)C(C)C)cc1)=N\NC(N)=S. The topological polar surface area (TPSA) is 76.7 Å². The van der Waals surface area contributed by atoms with Crippen LogP contribution in [0.2, 0.25) is 0 Å². The van der Waals surface area contributed by atoms with Crippen LogP contribution in [0.4, 0.5) is 0 Å². The molecule has 0 fully saturated rings. The summed E-state index contributed by atoms with van der Waals surface area (Å²) in [5, 5.41) is 4.20. The molecular formula is C15H21N3O2S. The van der Waals surface area contributed by atoms with E-state index in [0.29, 0.717) is 5.75 Å². The van der Waals surface area contributed by atoms with Gasteiger partial charge in [0.15, 0.2) is 5.11 Å². The number of carbonyl (C=O) groups excluding carboxylic acids is 1. The molecule has 0 atom stereocenters. The van der Waals surface area contributed by atoms with Gasteiger partial charge in [-0.05, 0) is 49.7 Å². The summed E-state index contributed by atoms with van der Waals surface area (Å²) in [5.41, 5.74) is 9.92. The lowest BCUT2D eigenvalue weighted by Gasteiger charge is -2.07. The molecule has 0 radical (unpaired) electrons. The quantitative estimate of drug-likeness (QED) is 0.277. The second kappa shape index (κ2) is 8.36. The van der Waals surface area contributed by atoms with Gasteiger partial charge in [-0.2, -0.15) is 5.10 Å². The predicted octanol–water partition coefficient (Wildman–Crippen LogP) is 2.39. The molecule has 0 aliphatic carbocycles. The maximum atomic E-state index is 11.5. The first kappa shape index (κ1) is 17.1. The van der Waals surface area contributed by atoms with Crippen LogP contribution in [0.1, 0.15) is 32.8 Å². The van der Waals surface area contributed by atoms with Gasteiger partial charge in [0.25, 0.3) is 0 Å². The van der Waals surface area contributed by atoms with Gasteiger partial charge in [-0.25, -0.2) is 0 Å². The lowest BCUT2D eigenvalue weighted by molar-refractivity contribution is -0.137. The first-order valence-electron chi connectivity index (χ1n) is 6.77. The third-order valence-corrected chi connectivity index (χ3v) is 2.84. The molecule has 1 aromatic carbocycles. The second-order valence-corrected chi connectivity index (χ2v) is 5.48. The molecule has 0 saturated heterocycles. The molecule has 1 aromatic rings. The molecule has 0 saturated carbocycles. The molecule has 6 heteroatoms. The predicted molar refractivity (Wildman–Crippen MR) is 88.3 cm³/mol. The fraction of sp³-hybridized carbons (Fsp3) is 0.400. The summed E-state index contributed by atoms with van der Waals surface area (Å²) in [4.78, 5) is 11.5. The standard InChI is InChI=1S/C15H21N3O2S/c1-10(2)14(19)20-13-8-6-12(7-9-13)5-4-11(3)17-18-15(16)21/h6-10H,4-5H2,1-3H3,(H3,16,18,21)/b17-11+. The second-order valence-electron chi connectivity index (χ2n) is 5.04. The van der Waals surface area contributed by atoms with E-state index in [-0.39, 0.29) is 17.0 Å². The molecule has 0 unspecified atom stereocenters. The van der Waals surface area contributed by atoms with Gasteiger partial charge in [0.2, 0.25) is 0 Å². The Morgan fingerprint density at radius 1 is 1.38 bits per heavy atom. The monoisotopic (exact) mass is 307 g/mol. The van der Waals surface area contributed by atoms with Gasteiger partial charge in [0.05, 0.1) is 5.92 Å². The zero-order valence-corrected chi connectivity index (χ0v) is 13.4. The smallest absolute Gasteiger partial charge is 0.313 e. The van der Waals surface area contributed by atoms with Gasteiger partial charge in [0.1, 0.15) is 5.75 Å². The van der Waals surface area contributed by atoms with Crippen LogP contribution in [-0.4, -0.2) is 16.8 Å². The normalized spacial score (nSPS) is 11.3. The Bertz CT molecular complexity index is 524. The van der Waals surface area contributed by atoms with Crippen LogP contribution in [0.15, 0.2) is 29.4 Å². The molecule has 1 rings (SSSR count). The molecule has 0 amide bonds. The highest BCUT2D eigenvalue weighted by Crippen LogP contribution is 2.15. The number of benzene rings is 1. The minimum atomic E-state index is -0.227. The first-order chi connectivity index (χ1) is 9.88. The average Bonchev–Trinajstić information content (AvgIpc) is 2.44. The van der Waals surface area contributed by atoms with Crippen LogP contribution in [0.3, 0.4) is 0 Å². The summed E-state index contributed by atoms with van der Waals surface area (Å²) >= 11 is 4.68. The maximum Gasteiger partial charge on any atom is 0.313 e. The summed E-state index contributed by atoms with van der Waals surface area (Å²) in [7, 11) is 0. The highest BCUT2D eigenvalue weighted by atomic mass is 32.1. The van der Waals surface area contributed by atoms with Crippen molar-refractivity contribution in [2.24, 2.45) is 16.8 Å². The fourth-order valence-corrected chi connectivity index (χ4v) is 1.54. The molecule has 21 heavy (non-hydrogen) atoms. The van der Waals surface area contributed by atoms with E-state index in [1.807, 2.05) is 19.1 Å². The summed E-state index contributed by atoms with van der Waals surface area (Å²) < 4.78 is 5.22. The molecule has 0 aromatic heterocycles. The maximum absolute atomic E-state index is 11.5. The van der Waals surface area contributed by atoms with Crippen LogP contribution >= 0.6 is 12.2 Å². The number of nitrogens with one attached hydrogen (secondary N) is 1. The van der Waals surface area contributed by atoms with Crippen molar-refractivity contribution < 1.29 is 9.53 Å². The molecule has 3 N–H and O–H groups in total. The Kier molecular flexibility index (Phi) is 6.81. The Morgan fingerprint density at radius 3 is 2.52 bits per heavy atom. The number of hydrazone groups is 1. The zero-order chi connectivity index (χ0) is 15.8. The molecule has 5 nitrogen and oxygen atoms in total. The number of hydrogen-bond donors (Lipinski definition) is 2. The number of carbonyl (C=O) groups is 1. The Hall–Kier alpha value is -1.95. The summed E-state index contributed by atoms with van der Waals surface area (Å²) in [6.45, 7) is 5.52. The summed E-state index contributed by atoms with van der Waals surface area (Å²) in [6, 6.07) is 7.49. The van der Waals surface area contributed by atoms with E-state index in [1.165, 1.54) is 0 Å². The average molecular weight is 307 g/mol. The van der Waals surface area contributed by atoms with E-state index >= 15 is 0 Å². The van der Waals surface area contributed by atoms with Gasteiger partial charge in [0, 0.05) is 5.71 Å². The van der Waals surface area contributed by atoms with Crippen LogP contribution in [-0.2, 0) is 11.2 Å². The van der Waals surface area contributed by atoms with Crippen LogP contribution in [0.5, 0.6) is 5.75 Å². The lowest BCUT2D eigenvalue weighted by atomic mass is 10.1. The van der Waals surface area contributed by atoms with E-state index in [2.05, 4.69) is 22.7 Å².